The van der Waals surface area contributed by atoms with Crippen LogP contribution in [0.4, 0.5) is 0 Å². The molecule has 1 rings (SSSR count). The summed E-state index contributed by atoms with van der Waals surface area (Å²) >= 11 is 1.51. The predicted molar refractivity (Wildman–Crippen MR) is 38.8 cm³/mol. The fraction of sp³-hybridized carbons (Fsp3) is 0.143. The molecule has 0 spiro atoms. The van der Waals surface area contributed by atoms with Crippen molar-refractivity contribution in [3.63, 3.8) is 0 Å². The summed E-state index contributed by atoms with van der Waals surface area (Å²) in [6, 6.07) is 1.86. The lowest BCUT2D eigenvalue weighted by molar-refractivity contribution is 0.426. The lowest BCUT2D eigenvalue weighted by Gasteiger charge is -1.91. The second-order valence-electron chi connectivity index (χ2n) is 1.47. The van der Waals surface area contributed by atoms with Crippen molar-refractivity contribution in [3.05, 3.63) is 17.0 Å². The third kappa shape index (κ3) is 1.06. The van der Waals surface area contributed by atoms with Crippen molar-refractivity contribution in [3.8, 4) is 17.4 Å². The molecule has 0 N–H and O–H groups in total. The molecule has 0 saturated carbocycles. The fourth-order valence-corrected chi connectivity index (χ4v) is 1.24. The maximum atomic E-state index is 5.15. The van der Waals surface area contributed by atoms with Gasteiger partial charge in [-0.15, -0.1) is 17.8 Å². The minimum absolute atomic E-state index is 0.817. The molecule has 0 aliphatic carbocycles. The van der Waals surface area contributed by atoms with Gasteiger partial charge < -0.3 is 4.74 Å². The molecule has 46 valence electrons. The van der Waals surface area contributed by atoms with E-state index in [1.54, 1.807) is 7.11 Å². The molecule has 0 atom stereocenters. The van der Waals surface area contributed by atoms with E-state index < -0.39 is 0 Å². The van der Waals surface area contributed by atoms with E-state index in [0.29, 0.717) is 0 Å². The van der Waals surface area contributed by atoms with Crippen LogP contribution in [0.15, 0.2) is 11.4 Å². The zero-order valence-electron chi connectivity index (χ0n) is 5.05. The molecule has 0 aliphatic rings. The van der Waals surface area contributed by atoms with Gasteiger partial charge in [-0.2, -0.15) is 0 Å². The van der Waals surface area contributed by atoms with Crippen molar-refractivity contribution in [2.24, 2.45) is 0 Å². The van der Waals surface area contributed by atoms with E-state index in [0.717, 1.165) is 10.6 Å². The van der Waals surface area contributed by atoms with E-state index in [-0.39, 0.29) is 0 Å². The molecular formula is C7H6OS. The van der Waals surface area contributed by atoms with Gasteiger partial charge in [-0.05, 0) is 11.4 Å². The first kappa shape index (κ1) is 6.18. The smallest absolute Gasteiger partial charge is 0.189 e. The van der Waals surface area contributed by atoms with E-state index in [2.05, 4.69) is 5.92 Å². The summed E-state index contributed by atoms with van der Waals surface area (Å²) < 4.78 is 4.95. The first-order valence-electron chi connectivity index (χ1n) is 2.46. The zero-order chi connectivity index (χ0) is 6.69. The molecule has 0 radical (unpaired) electrons. The summed E-state index contributed by atoms with van der Waals surface area (Å²) in [5, 5.41) is 2.73. The zero-order valence-corrected chi connectivity index (χ0v) is 5.87. The average molecular weight is 138 g/mol. The molecule has 0 unspecified atom stereocenters. The number of hydrogen-bond donors (Lipinski definition) is 0. The Balaban J connectivity index is 3.02. The molecule has 0 bridgehead atoms. The lowest BCUT2D eigenvalue weighted by atomic mass is 10.3. The monoisotopic (exact) mass is 138 g/mol. The molecule has 1 heterocycles. The summed E-state index contributed by atoms with van der Waals surface area (Å²) in [7, 11) is 1.62. The van der Waals surface area contributed by atoms with Crippen LogP contribution in [0, 0.1) is 12.3 Å². The Morgan fingerprint density at radius 3 is 3.00 bits per heavy atom. The Bertz CT molecular complexity index is 231. The first-order chi connectivity index (χ1) is 4.38. The number of methoxy groups -OCH3 is 1. The Kier molecular flexibility index (Phi) is 1.76. The van der Waals surface area contributed by atoms with Crippen LogP contribution in [0.5, 0.6) is 5.06 Å². The molecule has 0 fully saturated rings. The molecule has 9 heavy (non-hydrogen) atoms. The van der Waals surface area contributed by atoms with E-state index in [1.165, 1.54) is 11.3 Å². The Labute approximate surface area is 58.3 Å². The minimum Gasteiger partial charge on any atom is -0.486 e. The molecule has 0 aliphatic heterocycles. The third-order valence-electron chi connectivity index (χ3n) is 0.971. The Morgan fingerprint density at radius 1 is 1.78 bits per heavy atom. The van der Waals surface area contributed by atoms with Crippen molar-refractivity contribution >= 4 is 11.3 Å². The number of rotatable bonds is 1. The van der Waals surface area contributed by atoms with E-state index in [4.69, 9.17) is 11.2 Å². The van der Waals surface area contributed by atoms with Gasteiger partial charge in [0.15, 0.2) is 5.06 Å². The van der Waals surface area contributed by atoms with Gasteiger partial charge in [0.2, 0.25) is 0 Å². The molecule has 1 aromatic rings. The molecular weight excluding hydrogens is 132 g/mol. The van der Waals surface area contributed by atoms with Gasteiger partial charge in [0, 0.05) is 0 Å². The van der Waals surface area contributed by atoms with Gasteiger partial charge in [-0.3, -0.25) is 0 Å². The van der Waals surface area contributed by atoms with E-state index in [1.807, 2.05) is 11.4 Å². The second kappa shape index (κ2) is 2.56. The predicted octanol–water partition coefficient (Wildman–Crippen LogP) is 1.74. The summed E-state index contributed by atoms with van der Waals surface area (Å²) in [5.74, 6) is 2.51. The van der Waals surface area contributed by atoms with Crippen molar-refractivity contribution in [1.82, 2.24) is 0 Å². The molecule has 0 aromatic carbocycles. The first-order valence-corrected chi connectivity index (χ1v) is 3.34. The molecule has 1 nitrogen and oxygen atoms in total. The normalized spacial score (nSPS) is 8.44. The summed E-state index contributed by atoms with van der Waals surface area (Å²) in [4.78, 5) is 0. The Hall–Kier alpha value is -0.940. The van der Waals surface area contributed by atoms with E-state index >= 15 is 0 Å². The topological polar surface area (TPSA) is 9.23 Å². The maximum absolute atomic E-state index is 5.15. The third-order valence-corrected chi connectivity index (χ3v) is 1.84. The van der Waals surface area contributed by atoms with Gasteiger partial charge in [0.25, 0.3) is 0 Å². The van der Waals surface area contributed by atoms with Gasteiger partial charge in [0.05, 0.1) is 12.7 Å². The van der Waals surface area contributed by atoms with Crippen LogP contribution in [0.25, 0.3) is 0 Å². The van der Waals surface area contributed by atoms with Gasteiger partial charge in [-0.1, -0.05) is 5.92 Å². The number of thiophene rings is 1. The van der Waals surface area contributed by atoms with Crippen molar-refractivity contribution < 1.29 is 4.74 Å². The highest BCUT2D eigenvalue weighted by molar-refractivity contribution is 7.12. The average Bonchev–Trinajstić information content (AvgIpc) is 2.33. The lowest BCUT2D eigenvalue weighted by Crippen LogP contribution is -1.79. The van der Waals surface area contributed by atoms with E-state index in [9.17, 15) is 0 Å². The van der Waals surface area contributed by atoms with Crippen molar-refractivity contribution in [1.29, 1.82) is 0 Å². The minimum atomic E-state index is 0.817. The largest absolute Gasteiger partial charge is 0.486 e. The second-order valence-corrected chi connectivity index (χ2v) is 2.35. The summed E-state index contributed by atoms with van der Waals surface area (Å²) in [5.41, 5.74) is 0.836. The van der Waals surface area contributed by atoms with Crippen molar-refractivity contribution in [2.75, 3.05) is 7.11 Å². The molecule has 1 aromatic heterocycles. The molecule has 2 heteroatoms. The number of terminal acetylenes is 1. The van der Waals surface area contributed by atoms with Gasteiger partial charge >= 0.3 is 0 Å². The van der Waals surface area contributed by atoms with Crippen molar-refractivity contribution in [2.45, 2.75) is 0 Å². The van der Waals surface area contributed by atoms with Crippen LogP contribution in [-0.4, -0.2) is 7.11 Å². The Morgan fingerprint density at radius 2 is 2.56 bits per heavy atom. The van der Waals surface area contributed by atoms with Gasteiger partial charge in [-0.25, -0.2) is 0 Å². The summed E-state index contributed by atoms with van der Waals surface area (Å²) in [6.07, 6.45) is 5.15. The highest BCUT2D eigenvalue weighted by atomic mass is 32.1. The van der Waals surface area contributed by atoms with Crippen LogP contribution in [-0.2, 0) is 0 Å². The quantitative estimate of drug-likeness (QED) is 0.537. The highest BCUT2D eigenvalue weighted by Crippen LogP contribution is 2.23. The standard InChI is InChI=1S/C7H6OS/c1-3-6-4-5-9-7(6)8-2/h1,4-5H,2H3. The molecule has 0 amide bonds. The highest BCUT2D eigenvalue weighted by Gasteiger charge is 1.97. The number of ether oxygens (including phenoxy) is 1. The molecule has 0 saturated heterocycles. The SMILES string of the molecule is C#Cc1ccsc1OC. The van der Waals surface area contributed by atoms with Gasteiger partial charge in [0.1, 0.15) is 0 Å². The van der Waals surface area contributed by atoms with Crippen LogP contribution < -0.4 is 4.74 Å². The van der Waals surface area contributed by atoms with Crippen LogP contribution in [0.2, 0.25) is 0 Å². The summed E-state index contributed by atoms with van der Waals surface area (Å²) in [6.45, 7) is 0. The number of hydrogen-bond acceptors (Lipinski definition) is 2. The fourth-order valence-electron chi connectivity index (χ4n) is 0.560. The van der Waals surface area contributed by atoms with Crippen LogP contribution in [0.3, 0.4) is 0 Å². The van der Waals surface area contributed by atoms with Crippen LogP contribution >= 0.6 is 11.3 Å². The maximum Gasteiger partial charge on any atom is 0.189 e. The van der Waals surface area contributed by atoms with Crippen LogP contribution in [0.1, 0.15) is 5.56 Å².